The lowest BCUT2D eigenvalue weighted by molar-refractivity contribution is -0.116. The van der Waals surface area contributed by atoms with Crippen molar-refractivity contribution in [2.45, 2.75) is 44.3 Å². The molecule has 1 aliphatic rings. The summed E-state index contributed by atoms with van der Waals surface area (Å²) in [5.74, 6) is 1.41. The highest BCUT2D eigenvalue weighted by Crippen LogP contribution is 2.29. The standard InChI is InChI=1S/C21H24N6O2S2/c1-14-5-7-26(8-6-14)20-24-25-21(27(20)11-16-4-3-9-29-16)31-13-18(28)17(10-22)19-23-15(2)12-30-19/h3-4,9,12,14,17H,5-8,11,13H2,1-2H3. The van der Waals surface area contributed by atoms with Crippen LogP contribution in [0.25, 0.3) is 0 Å². The van der Waals surface area contributed by atoms with Gasteiger partial charge in [0, 0.05) is 24.2 Å². The molecule has 8 nitrogen and oxygen atoms in total. The molecule has 1 fully saturated rings. The van der Waals surface area contributed by atoms with E-state index < -0.39 is 5.92 Å². The van der Waals surface area contributed by atoms with Crippen molar-refractivity contribution in [1.82, 2.24) is 19.7 Å². The summed E-state index contributed by atoms with van der Waals surface area (Å²) in [6.45, 7) is 6.48. The minimum atomic E-state index is -0.851. The third kappa shape index (κ3) is 4.99. The van der Waals surface area contributed by atoms with Crippen molar-refractivity contribution in [1.29, 1.82) is 5.26 Å². The van der Waals surface area contributed by atoms with Crippen molar-refractivity contribution < 1.29 is 9.21 Å². The number of ketones is 1. The van der Waals surface area contributed by atoms with Gasteiger partial charge >= 0.3 is 0 Å². The smallest absolute Gasteiger partial charge is 0.228 e. The van der Waals surface area contributed by atoms with E-state index in [-0.39, 0.29) is 11.5 Å². The maximum atomic E-state index is 12.8. The number of aryl methyl sites for hydroxylation is 1. The lowest BCUT2D eigenvalue weighted by Crippen LogP contribution is -2.35. The molecule has 0 bridgehead atoms. The third-order valence-corrected chi connectivity index (χ3v) is 7.35. The highest BCUT2D eigenvalue weighted by Gasteiger charge is 2.26. The van der Waals surface area contributed by atoms with Gasteiger partial charge in [-0.25, -0.2) is 4.98 Å². The largest absolute Gasteiger partial charge is 0.467 e. The average molecular weight is 457 g/mol. The van der Waals surface area contributed by atoms with Gasteiger partial charge < -0.3 is 9.32 Å². The van der Waals surface area contributed by atoms with Gasteiger partial charge in [0.1, 0.15) is 10.8 Å². The number of nitriles is 1. The van der Waals surface area contributed by atoms with E-state index in [1.807, 2.05) is 29.0 Å². The summed E-state index contributed by atoms with van der Waals surface area (Å²) < 4.78 is 7.54. The minimum Gasteiger partial charge on any atom is -0.467 e. The summed E-state index contributed by atoms with van der Waals surface area (Å²) in [5, 5.41) is 21.4. The SMILES string of the molecule is Cc1csc(C(C#N)C(=O)CSc2nnc(N3CCC(C)CC3)n2Cc2ccco2)n1. The van der Waals surface area contributed by atoms with Gasteiger partial charge in [0.15, 0.2) is 16.9 Å². The molecule has 0 aromatic carbocycles. The number of piperidine rings is 1. The Kier molecular flexibility index (Phi) is 6.73. The lowest BCUT2D eigenvalue weighted by Gasteiger charge is -2.31. The first-order valence-corrected chi connectivity index (χ1v) is 12.1. The molecule has 1 saturated heterocycles. The second kappa shape index (κ2) is 9.66. The molecule has 1 unspecified atom stereocenters. The summed E-state index contributed by atoms with van der Waals surface area (Å²) >= 11 is 2.65. The van der Waals surface area contributed by atoms with E-state index in [0.29, 0.717) is 22.6 Å². The summed E-state index contributed by atoms with van der Waals surface area (Å²) in [6, 6.07) is 5.87. The maximum absolute atomic E-state index is 12.8. The fourth-order valence-corrected chi connectivity index (χ4v) is 5.22. The van der Waals surface area contributed by atoms with E-state index in [0.717, 1.165) is 43.3 Å². The van der Waals surface area contributed by atoms with Crippen molar-refractivity contribution >= 4 is 34.8 Å². The van der Waals surface area contributed by atoms with Gasteiger partial charge in [-0.15, -0.1) is 21.5 Å². The van der Waals surface area contributed by atoms with Gasteiger partial charge in [0.05, 0.1) is 24.6 Å². The van der Waals surface area contributed by atoms with Crippen molar-refractivity contribution in [3.8, 4) is 6.07 Å². The molecule has 3 aromatic heterocycles. The zero-order chi connectivity index (χ0) is 21.8. The van der Waals surface area contributed by atoms with Crippen LogP contribution in [-0.4, -0.2) is 44.4 Å². The van der Waals surface area contributed by atoms with Crippen molar-refractivity contribution in [3.63, 3.8) is 0 Å². The van der Waals surface area contributed by atoms with Crippen LogP contribution in [-0.2, 0) is 11.3 Å². The van der Waals surface area contributed by atoms with E-state index in [9.17, 15) is 10.1 Å². The van der Waals surface area contributed by atoms with E-state index in [4.69, 9.17) is 4.42 Å². The topological polar surface area (TPSA) is 101 Å². The highest BCUT2D eigenvalue weighted by atomic mass is 32.2. The fraction of sp³-hybridized carbons (Fsp3) is 0.476. The van der Waals surface area contributed by atoms with Gasteiger partial charge in [-0.2, -0.15) is 5.26 Å². The molecule has 1 aliphatic heterocycles. The molecule has 10 heteroatoms. The Morgan fingerprint density at radius 1 is 1.42 bits per heavy atom. The molecular formula is C21H24N6O2S2. The number of rotatable bonds is 8. The molecule has 0 radical (unpaired) electrons. The summed E-state index contributed by atoms with van der Waals surface area (Å²) in [6.07, 6.45) is 3.88. The molecule has 3 aromatic rings. The highest BCUT2D eigenvalue weighted by molar-refractivity contribution is 7.99. The number of Topliss-reactive ketones (excluding diaryl/α,β-unsaturated/α-hetero) is 1. The van der Waals surface area contributed by atoms with Crippen molar-refractivity contribution in [2.75, 3.05) is 23.7 Å². The molecule has 0 saturated carbocycles. The predicted molar refractivity (Wildman–Crippen MR) is 119 cm³/mol. The van der Waals surface area contributed by atoms with Crippen LogP contribution in [0.5, 0.6) is 0 Å². The molecule has 0 N–H and O–H groups in total. The first-order chi connectivity index (χ1) is 15.0. The first kappa shape index (κ1) is 21.6. The molecule has 1 atom stereocenters. The van der Waals surface area contributed by atoms with E-state index >= 15 is 0 Å². The molecule has 0 amide bonds. The Bertz CT molecular complexity index is 1060. The molecule has 162 valence electrons. The number of carbonyl (C=O) groups is 1. The van der Waals surface area contributed by atoms with Gasteiger partial charge in [-0.05, 0) is 37.8 Å². The Morgan fingerprint density at radius 2 is 2.23 bits per heavy atom. The van der Waals surface area contributed by atoms with Gasteiger partial charge in [0.2, 0.25) is 5.95 Å². The van der Waals surface area contributed by atoms with Crippen LogP contribution in [0.1, 0.15) is 42.1 Å². The van der Waals surface area contributed by atoms with Crippen LogP contribution < -0.4 is 4.90 Å². The zero-order valence-corrected chi connectivity index (χ0v) is 19.2. The number of thioether (sulfide) groups is 1. The lowest BCUT2D eigenvalue weighted by atomic mass is 10.00. The predicted octanol–water partition coefficient (Wildman–Crippen LogP) is 3.89. The molecule has 31 heavy (non-hydrogen) atoms. The number of furan rings is 1. The Balaban J connectivity index is 1.52. The Hall–Kier alpha value is -2.64. The van der Waals surface area contributed by atoms with Gasteiger partial charge in [0.25, 0.3) is 0 Å². The monoisotopic (exact) mass is 456 g/mol. The van der Waals surface area contributed by atoms with Crippen LogP contribution in [0.4, 0.5) is 5.95 Å². The average Bonchev–Trinajstić information content (AvgIpc) is 3.51. The van der Waals surface area contributed by atoms with Crippen LogP contribution in [0, 0.1) is 24.2 Å². The minimum absolute atomic E-state index is 0.129. The third-order valence-electron chi connectivity index (χ3n) is 5.34. The number of hydrogen-bond acceptors (Lipinski definition) is 9. The Morgan fingerprint density at radius 3 is 2.87 bits per heavy atom. The normalized spacial score (nSPS) is 15.7. The first-order valence-electron chi connectivity index (χ1n) is 10.2. The number of thiazole rings is 1. The van der Waals surface area contributed by atoms with E-state index in [1.54, 1.807) is 6.26 Å². The number of anilines is 1. The van der Waals surface area contributed by atoms with Crippen LogP contribution >= 0.6 is 23.1 Å². The molecular weight excluding hydrogens is 432 g/mol. The summed E-state index contributed by atoms with van der Waals surface area (Å²) in [5.41, 5.74) is 0.819. The molecule has 0 aliphatic carbocycles. The van der Waals surface area contributed by atoms with Crippen molar-refractivity contribution in [3.05, 3.63) is 40.2 Å². The maximum Gasteiger partial charge on any atom is 0.228 e. The second-order valence-corrected chi connectivity index (χ2v) is 9.59. The van der Waals surface area contributed by atoms with Gasteiger partial charge in [-0.3, -0.25) is 9.36 Å². The zero-order valence-electron chi connectivity index (χ0n) is 17.5. The summed E-state index contributed by atoms with van der Waals surface area (Å²) in [4.78, 5) is 19.3. The Labute approximate surface area is 189 Å². The van der Waals surface area contributed by atoms with Crippen LogP contribution in [0.15, 0.2) is 33.3 Å². The van der Waals surface area contributed by atoms with Crippen molar-refractivity contribution in [2.24, 2.45) is 5.92 Å². The number of nitrogens with zero attached hydrogens (tertiary/aromatic N) is 6. The van der Waals surface area contributed by atoms with E-state index in [2.05, 4.69) is 33.1 Å². The molecule has 4 heterocycles. The number of carbonyl (C=O) groups excluding carboxylic acids is 1. The van der Waals surface area contributed by atoms with Crippen LogP contribution in [0.2, 0.25) is 0 Å². The fourth-order valence-electron chi connectivity index (χ4n) is 3.52. The van der Waals surface area contributed by atoms with Gasteiger partial charge in [-0.1, -0.05) is 18.7 Å². The number of aromatic nitrogens is 4. The molecule has 0 spiro atoms. The van der Waals surface area contributed by atoms with E-state index in [1.165, 1.54) is 23.1 Å². The second-order valence-electron chi connectivity index (χ2n) is 7.76. The summed E-state index contributed by atoms with van der Waals surface area (Å²) in [7, 11) is 0. The quantitative estimate of drug-likeness (QED) is 0.471. The number of hydrogen-bond donors (Lipinski definition) is 0. The molecule has 4 rings (SSSR count). The van der Waals surface area contributed by atoms with Crippen LogP contribution in [0.3, 0.4) is 0 Å².